The summed E-state index contributed by atoms with van der Waals surface area (Å²) in [5.74, 6) is 0. The molecule has 2 aromatic heterocycles. The third kappa shape index (κ3) is 3.96. The Morgan fingerprint density at radius 3 is 2.35 bits per heavy atom. The molecule has 0 aliphatic carbocycles. The predicted octanol–water partition coefficient (Wildman–Crippen LogP) is 3.31. The Balaban J connectivity index is 2.14. The van der Waals surface area contributed by atoms with Crippen LogP contribution in [0.2, 0.25) is 0 Å². The number of aromatic amines is 1. The lowest BCUT2D eigenvalue weighted by atomic mass is 10.2. The van der Waals surface area contributed by atoms with E-state index in [0.29, 0.717) is 23.6 Å². The maximum atomic E-state index is 12.5. The zero-order chi connectivity index (χ0) is 18.7. The molecule has 0 amide bonds. The molecule has 0 fully saturated rings. The number of nitrogens with zero attached hydrogens (tertiary/aromatic N) is 2. The summed E-state index contributed by atoms with van der Waals surface area (Å²) in [5, 5.41) is 0.697. The predicted molar refractivity (Wildman–Crippen MR) is 104 cm³/mol. The van der Waals surface area contributed by atoms with Gasteiger partial charge < -0.3 is 0 Å². The Bertz CT molecular complexity index is 1020. The minimum absolute atomic E-state index is 0.310. The minimum Gasteiger partial charge on any atom is -0.283 e. The number of hydrogen-bond donors (Lipinski definition) is 1. The van der Waals surface area contributed by atoms with E-state index in [4.69, 9.17) is 0 Å². The number of nitrogens with one attached hydrogen (secondary N) is 1. The van der Waals surface area contributed by atoms with Gasteiger partial charge in [-0.05, 0) is 61.2 Å². The van der Waals surface area contributed by atoms with Gasteiger partial charge in [0.15, 0.2) is 0 Å². The van der Waals surface area contributed by atoms with Crippen LogP contribution in [0.3, 0.4) is 0 Å². The largest absolute Gasteiger partial charge is 0.329 e. The summed E-state index contributed by atoms with van der Waals surface area (Å²) < 4.78 is 1.64. The number of benzene rings is 1. The molecular weight excluding hydrogens is 346 g/mol. The molecule has 0 bridgehead atoms. The number of pyridine rings is 1. The molecule has 0 spiro atoms. The number of aromatic nitrogens is 3. The SMILES string of the molecule is CCc1c(Sc2cc(C)cc(C)c2)n(Cc2ccncc2)c(=O)[nH]c1=O. The van der Waals surface area contributed by atoms with E-state index >= 15 is 0 Å². The van der Waals surface area contributed by atoms with Crippen molar-refractivity contribution in [1.29, 1.82) is 0 Å². The van der Waals surface area contributed by atoms with E-state index in [-0.39, 0.29) is 5.56 Å². The summed E-state index contributed by atoms with van der Waals surface area (Å²) >= 11 is 1.47. The highest BCUT2D eigenvalue weighted by Gasteiger charge is 2.16. The summed E-state index contributed by atoms with van der Waals surface area (Å²) in [5.41, 5.74) is 3.18. The van der Waals surface area contributed by atoms with E-state index < -0.39 is 5.69 Å². The van der Waals surface area contributed by atoms with Crippen molar-refractivity contribution in [3.63, 3.8) is 0 Å². The topological polar surface area (TPSA) is 67.8 Å². The highest BCUT2D eigenvalue weighted by atomic mass is 32.2. The van der Waals surface area contributed by atoms with Gasteiger partial charge in [0.05, 0.1) is 11.6 Å². The third-order valence-electron chi connectivity index (χ3n) is 4.10. The molecule has 5 nitrogen and oxygen atoms in total. The molecule has 3 aromatic rings. The van der Waals surface area contributed by atoms with Gasteiger partial charge in [-0.15, -0.1) is 0 Å². The summed E-state index contributed by atoms with van der Waals surface area (Å²) in [4.78, 5) is 32.4. The zero-order valence-electron chi connectivity index (χ0n) is 15.1. The van der Waals surface area contributed by atoms with Crippen LogP contribution >= 0.6 is 11.8 Å². The molecular formula is C20H21N3O2S. The molecule has 6 heteroatoms. The van der Waals surface area contributed by atoms with Crippen molar-refractivity contribution < 1.29 is 0 Å². The Morgan fingerprint density at radius 2 is 1.73 bits per heavy atom. The van der Waals surface area contributed by atoms with Gasteiger partial charge in [0, 0.05) is 22.9 Å². The third-order valence-corrected chi connectivity index (χ3v) is 5.23. The van der Waals surface area contributed by atoms with Crippen molar-refractivity contribution in [2.45, 2.75) is 43.7 Å². The van der Waals surface area contributed by atoms with E-state index in [9.17, 15) is 9.59 Å². The molecule has 0 aliphatic rings. The summed E-state index contributed by atoms with van der Waals surface area (Å²) in [7, 11) is 0. The van der Waals surface area contributed by atoms with Gasteiger partial charge in [0.25, 0.3) is 5.56 Å². The molecule has 0 saturated carbocycles. The lowest BCUT2D eigenvalue weighted by molar-refractivity contribution is 0.634. The van der Waals surface area contributed by atoms with Crippen molar-refractivity contribution in [2.24, 2.45) is 0 Å². The quantitative estimate of drug-likeness (QED) is 0.703. The smallest absolute Gasteiger partial charge is 0.283 e. The number of aryl methyl sites for hydroxylation is 2. The molecule has 0 unspecified atom stereocenters. The van der Waals surface area contributed by atoms with Crippen molar-refractivity contribution in [2.75, 3.05) is 0 Å². The monoisotopic (exact) mass is 367 g/mol. The lowest BCUT2D eigenvalue weighted by Gasteiger charge is -2.16. The van der Waals surface area contributed by atoms with Crippen LogP contribution in [0.4, 0.5) is 0 Å². The van der Waals surface area contributed by atoms with Crippen molar-refractivity contribution in [3.8, 4) is 0 Å². The van der Waals surface area contributed by atoms with Crippen LogP contribution in [0.25, 0.3) is 0 Å². The first-order chi connectivity index (χ1) is 12.5. The number of rotatable bonds is 5. The second-order valence-electron chi connectivity index (χ2n) is 6.26. The van der Waals surface area contributed by atoms with Crippen LogP contribution in [0, 0.1) is 13.8 Å². The van der Waals surface area contributed by atoms with Gasteiger partial charge in [-0.2, -0.15) is 0 Å². The fraction of sp³-hybridized carbons (Fsp3) is 0.250. The van der Waals surface area contributed by atoms with Crippen LogP contribution in [-0.2, 0) is 13.0 Å². The molecule has 0 saturated heterocycles. The highest BCUT2D eigenvalue weighted by Crippen LogP contribution is 2.30. The van der Waals surface area contributed by atoms with E-state index in [1.54, 1.807) is 17.0 Å². The minimum atomic E-state index is -0.393. The summed E-state index contributed by atoms with van der Waals surface area (Å²) in [6.45, 7) is 6.40. The van der Waals surface area contributed by atoms with Gasteiger partial charge in [-0.1, -0.05) is 24.8 Å². The molecule has 134 valence electrons. The number of H-pyrrole nitrogens is 1. The van der Waals surface area contributed by atoms with Gasteiger partial charge in [-0.3, -0.25) is 19.3 Å². The Morgan fingerprint density at radius 1 is 1.08 bits per heavy atom. The van der Waals surface area contributed by atoms with Crippen LogP contribution in [0.5, 0.6) is 0 Å². The van der Waals surface area contributed by atoms with Crippen LogP contribution in [-0.4, -0.2) is 14.5 Å². The normalized spacial score (nSPS) is 10.9. The van der Waals surface area contributed by atoms with E-state index in [0.717, 1.165) is 21.6 Å². The van der Waals surface area contributed by atoms with Crippen LogP contribution < -0.4 is 11.2 Å². The summed E-state index contributed by atoms with van der Waals surface area (Å²) in [6, 6.07) is 9.98. The van der Waals surface area contributed by atoms with Gasteiger partial charge >= 0.3 is 5.69 Å². The van der Waals surface area contributed by atoms with E-state index in [2.05, 4.69) is 28.2 Å². The Hall–Kier alpha value is -2.60. The first-order valence-corrected chi connectivity index (χ1v) is 9.30. The second-order valence-corrected chi connectivity index (χ2v) is 7.33. The van der Waals surface area contributed by atoms with Gasteiger partial charge in [-0.25, -0.2) is 4.79 Å². The van der Waals surface area contributed by atoms with E-state index in [1.165, 1.54) is 11.8 Å². The first kappa shape index (κ1) is 18.2. The second kappa shape index (κ2) is 7.74. The van der Waals surface area contributed by atoms with Crippen molar-refractivity contribution in [1.82, 2.24) is 14.5 Å². The lowest BCUT2D eigenvalue weighted by Crippen LogP contribution is -2.34. The van der Waals surface area contributed by atoms with Crippen molar-refractivity contribution in [3.05, 3.63) is 85.8 Å². The average Bonchev–Trinajstić information content (AvgIpc) is 2.58. The van der Waals surface area contributed by atoms with Crippen molar-refractivity contribution >= 4 is 11.8 Å². The Labute approximate surface area is 156 Å². The fourth-order valence-corrected chi connectivity index (χ4v) is 4.27. The standard InChI is InChI=1S/C20H21N3O2S/c1-4-17-18(24)22-20(25)23(12-15-5-7-21-8-6-15)19(17)26-16-10-13(2)9-14(3)11-16/h5-11H,4,12H2,1-3H3,(H,22,24,25). The van der Waals surface area contributed by atoms with E-state index in [1.807, 2.05) is 32.9 Å². The zero-order valence-corrected chi connectivity index (χ0v) is 15.9. The maximum Gasteiger partial charge on any atom is 0.329 e. The molecule has 0 atom stereocenters. The maximum absolute atomic E-state index is 12.5. The average molecular weight is 367 g/mol. The van der Waals surface area contributed by atoms with Crippen LogP contribution in [0.15, 0.2) is 62.2 Å². The molecule has 1 N–H and O–H groups in total. The van der Waals surface area contributed by atoms with Gasteiger partial charge in [0.2, 0.25) is 0 Å². The molecule has 3 rings (SSSR count). The highest BCUT2D eigenvalue weighted by molar-refractivity contribution is 7.99. The molecule has 0 radical (unpaired) electrons. The Kier molecular flexibility index (Phi) is 5.42. The van der Waals surface area contributed by atoms with Crippen LogP contribution in [0.1, 0.15) is 29.2 Å². The summed E-state index contributed by atoms with van der Waals surface area (Å²) in [6.07, 6.45) is 3.95. The number of hydrogen-bond acceptors (Lipinski definition) is 4. The van der Waals surface area contributed by atoms with Gasteiger partial charge in [0.1, 0.15) is 0 Å². The molecule has 0 aliphatic heterocycles. The molecule has 2 heterocycles. The fourth-order valence-electron chi connectivity index (χ4n) is 2.94. The molecule has 26 heavy (non-hydrogen) atoms. The molecule has 1 aromatic carbocycles. The first-order valence-electron chi connectivity index (χ1n) is 8.49.